The summed E-state index contributed by atoms with van der Waals surface area (Å²) in [5, 5.41) is 9.05. The third-order valence-corrected chi connectivity index (χ3v) is 3.99. The molecule has 0 radical (unpaired) electrons. The molecule has 0 spiro atoms. The van der Waals surface area contributed by atoms with Gasteiger partial charge in [0.2, 0.25) is 0 Å². The van der Waals surface area contributed by atoms with Crippen LogP contribution in [0.2, 0.25) is 0 Å². The van der Waals surface area contributed by atoms with Gasteiger partial charge in [-0.3, -0.25) is 9.59 Å². The molecule has 0 atom stereocenters. The topological polar surface area (TPSA) is 70.2 Å². The summed E-state index contributed by atoms with van der Waals surface area (Å²) in [5.74, 6) is -0.280. The summed E-state index contributed by atoms with van der Waals surface area (Å²) in [4.78, 5) is 24.5. The molecule has 1 heterocycles. The lowest BCUT2D eigenvalue weighted by molar-refractivity contribution is 0.0919. The van der Waals surface area contributed by atoms with Crippen molar-refractivity contribution in [2.75, 3.05) is 5.32 Å². The van der Waals surface area contributed by atoms with E-state index in [2.05, 4.69) is 16.0 Å². The van der Waals surface area contributed by atoms with Gasteiger partial charge in [0.05, 0.1) is 0 Å². The molecule has 5 nitrogen and oxygen atoms in total. The highest BCUT2D eigenvalue weighted by atomic mass is 16.2. The lowest BCUT2D eigenvalue weighted by Gasteiger charge is -2.20. The van der Waals surface area contributed by atoms with Crippen molar-refractivity contribution in [3.8, 4) is 0 Å². The van der Waals surface area contributed by atoms with Crippen LogP contribution in [0.1, 0.15) is 52.6 Å². The van der Waals surface area contributed by atoms with Crippen LogP contribution in [0.3, 0.4) is 0 Å². The van der Waals surface area contributed by atoms with E-state index in [4.69, 9.17) is 0 Å². The van der Waals surface area contributed by atoms with E-state index in [0.717, 1.165) is 13.1 Å². The molecule has 5 heteroatoms. The van der Waals surface area contributed by atoms with Gasteiger partial charge in [-0.15, -0.1) is 0 Å². The third kappa shape index (κ3) is 4.25. The highest BCUT2D eigenvalue weighted by Crippen LogP contribution is 2.18. The van der Waals surface area contributed by atoms with E-state index in [1.807, 2.05) is 39.0 Å². The molecule has 0 aromatic heterocycles. The van der Waals surface area contributed by atoms with Gasteiger partial charge in [0, 0.05) is 35.4 Å². The van der Waals surface area contributed by atoms with Gasteiger partial charge in [-0.1, -0.05) is 6.07 Å². The monoisotopic (exact) mass is 337 g/mol. The molecule has 25 heavy (non-hydrogen) atoms. The molecule has 3 N–H and O–H groups in total. The first-order valence-electron chi connectivity index (χ1n) is 8.38. The smallest absolute Gasteiger partial charge is 0.255 e. The Kier molecular flexibility index (Phi) is 4.59. The van der Waals surface area contributed by atoms with Crippen molar-refractivity contribution in [3.05, 3.63) is 64.7 Å². The summed E-state index contributed by atoms with van der Waals surface area (Å²) < 4.78 is 0. The van der Waals surface area contributed by atoms with Crippen molar-refractivity contribution >= 4 is 17.5 Å². The van der Waals surface area contributed by atoms with E-state index < -0.39 is 0 Å². The van der Waals surface area contributed by atoms with Crippen LogP contribution in [0.15, 0.2) is 42.5 Å². The fourth-order valence-corrected chi connectivity index (χ4v) is 2.76. The van der Waals surface area contributed by atoms with Gasteiger partial charge in [-0.2, -0.15) is 0 Å². The van der Waals surface area contributed by atoms with Crippen molar-refractivity contribution in [2.24, 2.45) is 0 Å². The third-order valence-electron chi connectivity index (χ3n) is 3.99. The molecule has 3 rings (SSSR count). The SMILES string of the molecule is CC(C)(C)NC(=O)c1ccc(NC(=O)c2ccc3c(c2)CNC3)cc1. The highest BCUT2D eigenvalue weighted by molar-refractivity contribution is 6.04. The zero-order chi connectivity index (χ0) is 18.0. The zero-order valence-electron chi connectivity index (χ0n) is 14.8. The number of rotatable bonds is 3. The van der Waals surface area contributed by atoms with E-state index in [1.54, 1.807) is 24.3 Å². The molecule has 0 unspecified atom stereocenters. The minimum atomic E-state index is -0.285. The Bertz CT molecular complexity index is 805. The van der Waals surface area contributed by atoms with Gasteiger partial charge in [-0.25, -0.2) is 0 Å². The molecule has 2 amide bonds. The Morgan fingerprint density at radius 2 is 1.52 bits per heavy atom. The van der Waals surface area contributed by atoms with Crippen LogP contribution in [0.5, 0.6) is 0 Å². The van der Waals surface area contributed by atoms with E-state index in [9.17, 15) is 9.59 Å². The zero-order valence-corrected chi connectivity index (χ0v) is 14.8. The van der Waals surface area contributed by atoms with Crippen molar-refractivity contribution in [3.63, 3.8) is 0 Å². The summed E-state index contributed by atoms with van der Waals surface area (Å²) in [6, 6.07) is 12.7. The average Bonchev–Trinajstić information content (AvgIpc) is 3.01. The number of carbonyl (C=O) groups excluding carboxylic acids is 2. The van der Waals surface area contributed by atoms with E-state index in [-0.39, 0.29) is 17.4 Å². The Morgan fingerprint density at radius 1 is 0.880 bits per heavy atom. The van der Waals surface area contributed by atoms with Gasteiger partial charge in [0.25, 0.3) is 11.8 Å². The summed E-state index contributed by atoms with van der Waals surface area (Å²) in [7, 11) is 0. The first-order chi connectivity index (χ1) is 11.8. The maximum Gasteiger partial charge on any atom is 0.255 e. The van der Waals surface area contributed by atoms with Gasteiger partial charge >= 0.3 is 0 Å². The standard InChI is InChI=1S/C20H23N3O2/c1-20(2,3)23-19(25)13-6-8-17(9-7-13)22-18(24)14-4-5-15-11-21-12-16(15)10-14/h4-10,21H,11-12H2,1-3H3,(H,22,24)(H,23,25). The maximum atomic E-state index is 12.4. The number of amides is 2. The van der Waals surface area contributed by atoms with Crippen LogP contribution < -0.4 is 16.0 Å². The normalized spacial score (nSPS) is 13.2. The molecular weight excluding hydrogens is 314 g/mol. The minimum Gasteiger partial charge on any atom is -0.347 e. The molecule has 2 aromatic rings. The molecule has 0 aliphatic carbocycles. The van der Waals surface area contributed by atoms with Crippen molar-refractivity contribution in [1.82, 2.24) is 10.6 Å². The van der Waals surface area contributed by atoms with Crippen LogP contribution >= 0.6 is 0 Å². The molecule has 0 bridgehead atoms. The van der Waals surface area contributed by atoms with Crippen molar-refractivity contribution < 1.29 is 9.59 Å². The van der Waals surface area contributed by atoms with E-state index in [1.165, 1.54) is 11.1 Å². The Labute approximate surface area is 147 Å². The second-order valence-electron chi connectivity index (χ2n) is 7.32. The summed E-state index contributed by atoms with van der Waals surface area (Å²) in [6.45, 7) is 7.46. The van der Waals surface area contributed by atoms with Crippen molar-refractivity contribution in [2.45, 2.75) is 39.4 Å². The molecule has 1 aliphatic heterocycles. The summed E-state index contributed by atoms with van der Waals surface area (Å²) in [6.07, 6.45) is 0. The molecule has 2 aromatic carbocycles. The summed E-state index contributed by atoms with van der Waals surface area (Å²) >= 11 is 0. The molecule has 130 valence electrons. The van der Waals surface area contributed by atoms with Gasteiger partial charge in [0.1, 0.15) is 0 Å². The number of nitrogens with one attached hydrogen (secondary N) is 3. The maximum absolute atomic E-state index is 12.4. The second-order valence-corrected chi connectivity index (χ2v) is 7.32. The summed E-state index contributed by atoms with van der Waals surface area (Å²) in [5.41, 5.74) is 3.99. The molecular formula is C20H23N3O2. The lowest BCUT2D eigenvalue weighted by atomic mass is 10.1. The van der Waals surface area contributed by atoms with Gasteiger partial charge < -0.3 is 16.0 Å². The van der Waals surface area contributed by atoms with Gasteiger partial charge in [0.15, 0.2) is 0 Å². The molecule has 0 saturated heterocycles. The van der Waals surface area contributed by atoms with Crippen LogP contribution in [-0.2, 0) is 13.1 Å². The number of hydrogen-bond acceptors (Lipinski definition) is 3. The number of anilines is 1. The quantitative estimate of drug-likeness (QED) is 0.806. The van der Waals surface area contributed by atoms with Crippen LogP contribution in [0.4, 0.5) is 5.69 Å². The number of benzene rings is 2. The van der Waals surface area contributed by atoms with Gasteiger partial charge in [-0.05, 0) is 68.3 Å². The Morgan fingerprint density at radius 3 is 2.20 bits per heavy atom. The minimum absolute atomic E-state index is 0.128. The molecule has 0 fully saturated rings. The van der Waals surface area contributed by atoms with E-state index >= 15 is 0 Å². The number of carbonyl (C=O) groups is 2. The van der Waals surface area contributed by atoms with Crippen LogP contribution in [-0.4, -0.2) is 17.4 Å². The Hall–Kier alpha value is -2.66. The predicted molar refractivity (Wildman–Crippen MR) is 98.6 cm³/mol. The highest BCUT2D eigenvalue weighted by Gasteiger charge is 2.16. The van der Waals surface area contributed by atoms with E-state index in [0.29, 0.717) is 16.8 Å². The number of fused-ring (bicyclic) bond motifs is 1. The molecule has 0 saturated carbocycles. The lowest BCUT2D eigenvalue weighted by Crippen LogP contribution is -2.40. The second kappa shape index (κ2) is 6.69. The molecule has 1 aliphatic rings. The fraction of sp³-hybridized carbons (Fsp3) is 0.300. The van der Waals surface area contributed by atoms with Crippen LogP contribution in [0.25, 0.3) is 0 Å². The Balaban J connectivity index is 1.67. The largest absolute Gasteiger partial charge is 0.347 e. The van der Waals surface area contributed by atoms with Crippen molar-refractivity contribution in [1.29, 1.82) is 0 Å². The number of hydrogen-bond donors (Lipinski definition) is 3. The predicted octanol–water partition coefficient (Wildman–Crippen LogP) is 3.07. The first-order valence-corrected chi connectivity index (χ1v) is 8.38. The first kappa shape index (κ1) is 17.2. The van der Waals surface area contributed by atoms with Crippen LogP contribution in [0, 0.1) is 0 Å². The average molecular weight is 337 g/mol. The fourth-order valence-electron chi connectivity index (χ4n) is 2.76.